The van der Waals surface area contributed by atoms with Crippen LogP contribution in [-0.4, -0.2) is 29.0 Å². The lowest BCUT2D eigenvalue weighted by Crippen LogP contribution is -2.44. The van der Waals surface area contributed by atoms with Gasteiger partial charge in [0.2, 0.25) is 5.91 Å². The van der Waals surface area contributed by atoms with Crippen LogP contribution in [-0.2, 0) is 11.3 Å². The van der Waals surface area contributed by atoms with Gasteiger partial charge in [0, 0.05) is 13.1 Å². The number of anilines is 1. The zero-order chi connectivity index (χ0) is 17.9. The minimum atomic E-state index is -0.222. The lowest BCUT2D eigenvalue weighted by atomic mass is 9.97. The van der Waals surface area contributed by atoms with Crippen LogP contribution in [0.25, 0.3) is 11.0 Å². The highest BCUT2D eigenvalue weighted by atomic mass is 16.3. The number of para-hydroxylation sites is 2. The van der Waals surface area contributed by atoms with Gasteiger partial charge in [0.1, 0.15) is 5.76 Å². The highest BCUT2D eigenvalue weighted by Crippen LogP contribution is 2.21. The Hall–Kier alpha value is -3.09. The van der Waals surface area contributed by atoms with Crippen molar-refractivity contribution >= 4 is 22.8 Å². The van der Waals surface area contributed by atoms with Crippen LogP contribution >= 0.6 is 0 Å². The summed E-state index contributed by atoms with van der Waals surface area (Å²) in [6.07, 6.45) is 3.22. The van der Waals surface area contributed by atoms with E-state index in [1.807, 2.05) is 35.2 Å². The van der Waals surface area contributed by atoms with Gasteiger partial charge in [0.15, 0.2) is 5.82 Å². The normalized spacial score (nSPS) is 17.4. The van der Waals surface area contributed by atoms with E-state index in [1.165, 1.54) is 0 Å². The smallest absolute Gasteiger partial charge is 0.291 e. The number of hydrogen-bond donors (Lipinski definition) is 2. The van der Waals surface area contributed by atoms with Gasteiger partial charge in [-0.05, 0) is 37.1 Å². The largest absolute Gasteiger partial charge is 0.467 e. The molecule has 26 heavy (non-hydrogen) atoms. The second-order valence-corrected chi connectivity index (χ2v) is 6.49. The van der Waals surface area contributed by atoms with Gasteiger partial charge in [-0.1, -0.05) is 12.1 Å². The van der Waals surface area contributed by atoms with Crippen LogP contribution in [0.1, 0.15) is 18.6 Å². The molecule has 2 aromatic heterocycles. The molecule has 1 unspecified atom stereocenters. The Balaban J connectivity index is 1.49. The van der Waals surface area contributed by atoms with Crippen LogP contribution in [0.4, 0.5) is 5.82 Å². The van der Waals surface area contributed by atoms with Gasteiger partial charge in [0.25, 0.3) is 5.56 Å². The van der Waals surface area contributed by atoms with Gasteiger partial charge in [-0.15, -0.1) is 0 Å². The van der Waals surface area contributed by atoms with Crippen LogP contribution in [0.2, 0.25) is 0 Å². The third-order valence-electron chi connectivity index (χ3n) is 4.69. The maximum atomic E-state index is 12.5. The molecule has 0 aliphatic carbocycles. The molecule has 1 fully saturated rings. The Labute approximate surface area is 150 Å². The quantitative estimate of drug-likeness (QED) is 0.750. The van der Waals surface area contributed by atoms with Gasteiger partial charge in [0.05, 0.1) is 29.8 Å². The fourth-order valence-corrected chi connectivity index (χ4v) is 3.35. The van der Waals surface area contributed by atoms with Crippen molar-refractivity contribution in [3.05, 3.63) is 58.8 Å². The molecule has 0 bridgehead atoms. The van der Waals surface area contributed by atoms with E-state index in [0.717, 1.165) is 30.7 Å². The molecule has 1 amide bonds. The predicted octanol–water partition coefficient (Wildman–Crippen LogP) is 2.05. The number of furan rings is 1. The summed E-state index contributed by atoms with van der Waals surface area (Å²) in [5, 5.41) is 2.91. The molecule has 7 nitrogen and oxygen atoms in total. The van der Waals surface area contributed by atoms with Crippen molar-refractivity contribution in [1.29, 1.82) is 0 Å². The van der Waals surface area contributed by atoms with E-state index < -0.39 is 0 Å². The number of benzene rings is 1. The standard InChI is InChI=1S/C19H20N4O3/c24-18(20-11-14-6-4-10-26-14)13-5-3-9-23(12-13)17-19(25)22-16-8-2-1-7-15(16)21-17/h1-2,4,6-8,10,13H,3,5,9,11-12H2,(H,20,24)(H,22,25). The van der Waals surface area contributed by atoms with E-state index in [1.54, 1.807) is 12.3 Å². The number of rotatable bonds is 4. The fourth-order valence-electron chi connectivity index (χ4n) is 3.35. The lowest BCUT2D eigenvalue weighted by Gasteiger charge is -2.32. The molecule has 3 heterocycles. The first-order chi connectivity index (χ1) is 12.7. The second kappa shape index (κ2) is 7.03. The molecule has 4 rings (SSSR count). The molecule has 1 aromatic carbocycles. The zero-order valence-corrected chi connectivity index (χ0v) is 14.3. The molecule has 134 valence electrons. The topological polar surface area (TPSA) is 91.2 Å². The summed E-state index contributed by atoms with van der Waals surface area (Å²) < 4.78 is 5.24. The summed E-state index contributed by atoms with van der Waals surface area (Å²) in [6, 6.07) is 11.1. The molecule has 2 N–H and O–H groups in total. The first-order valence-corrected chi connectivity index (χ1v) is 8.75. The number of aromatic nitrogens is 2. The second-order valence-electron chi connectivity index (χ2n) is 6.49. The molecule has 1 saturated heterocycles. The molecule has 0 saturated carbocycles. The Morgan fingerprint density at radius 3 is 3.04 bits per heavy atom. The number of nitrogens with zero attached hydrogens (tertiary/aromatic N) is 2. The molecule has 0 spiro atoms. The number of carbonyl (C=O) groups is 1. The Morgan fingerprint density at radius 2 is 2.19 bits per heavy atom. The van der Waals surface area contributed by atoms with Crippen molar-refractivity contribution in [3.8, 4) is 0 Å². The monoisotopic (exact) mass is 352 g/mol. The maximum absolute atomic E-state index is 12.5. The lowest BCUT2D eigenvalue weighted by molar-refractivity contribution is -0.125. The highest BCUT2D eigenvalue weighted by molar-refractivity contribution is 5.80. The SMILES string of the molecule is O=C(NCc1ccco1)C1CCCN(c2nc3ccccc3[nH]c2=O)C1. The summed E-state index contributed by atoms with van der Waals surface area (Å²) in [4.78, 5) is 34.2. The van der Waals surface area contributed by atoms with E-state index in [2.05, 4.69) is 15.3 Å². The summed E-state index contributed by atoms with van der Waals surface area (Å²) >= 11 is 0. The van der Waals surface area contributed by atoms with Gasteiger partial charge < -0.3 is 19.6 Å². The first-order valence-electron chi connectivity index (χ1n) is 8.75. The number of fused-ring (bicyclic) bond motifs is 1. The van der Waals surface area contributed by atoms with Gasteiger partial charge >= 0.3 is 0 Å². The zero-order valence-electron chi connectivity index (χ0n) is 14.3. The molecule has 1 aliphatic heterocycles. The van der Waals surface area contributed by atoms with Crippen LogP contribution in [0.5, 0.6) is 0 Å². The molecule has 1 atom stereocenters. The summed E-state index contributed by atoms with van der Waals surface area (Å²) in [7, 11) is 0. The van der Waals surface area contributed by atoms with E-state index in [4.69, 9.17) is 4.42 Å². The van der Waals surface area contributed by atoms with E-state index in [-0.39, 0.29) is 17.4 Å². The van der Waals surface area contributed by atoms with Crippen LogP contribution in [0.3, 0.4) is 0 Å². The minimum Gasteiger partial charge on any atom is -0.467 e. The Bertz CT molecular complexity index is 964. The fraction of sp³-hybridized carbons (Fsp3) is 0.316. The number of H-pyrrole nitrogens is 1. The van der Waals surface area contributed by atoms with E-state index >= 15 is 0 Å². The predicted molar refractivity (Wildman–Crippen MR) is 97.9 cm³/mol. The molecular formula is C19H20N4O3. The first kappa shape index (κ1) is 16.4. The number of amides is 1. The van der Waals surface area contributed by atoms with Crippen molar-refractivity contribution in [2.24, 2.45) is 5.92 Å². The summed E-state index contributed by atoms with van der Waals surface area (Å²) in [5.41, 5.74) is 1.23. The Morgan fingerprint density at radius 1 is 1.31 bits per heavy atom. The average Bonchev–Trinajstić information content (AvgIpc) is 3.19. The third kappa shape index (κ3) is 3.33. The van der Waals surface area contributed by atoms with Crippen molar-refractivity contribution in [2.75, 3.05) is 18.0 Å². The van der Waals surface area contributed by atoms with E-state index in [0.29, 0.717) is 24.4 Å². The number of carbonyl (C=O) groups excluding carboxylic acids is 1. The molecule has 0 radical (unpaired) electrons. The highest BCUT2D eigenvalue weighted by Gasteiger charge is 2.28. The van der Waals surface area contributed by atoms with Crippen molar-refractivity contribution in [2.45, 2.75) is 19.4 Å². The van der Waals surface area contributed by atoms with Crippen LogP contribution < -0.4 is 15.8 Å². The third-order valence-corrected chi connectivity index (χ3v) is 4.69. The summed E-state index contributed by atoms with van der Waals surface area (Å²) in [5.74, 6) is 0.903. The van der Waals surface area contributed by atoms with Gasteiger partial charge in [-0.2, -0.15) is 0 Å². The molecule has 1 aliphatic rings. The number of piperidine rings is 1. The number of nitrogens with one attached hydrogen (secondary N) is 2. The van der Waals surface area contributed by atoms with Crippen molar-refractivity contribution < 1.29 is 9.21 Å². The number of hydrogen-bond acceptors (Lipinski definition) is 5. The molecule has 3 aromatic rings. The Kier molecular flexibility index (Phi) is 4.43. The summed E-state index contributed by atoms with van der Waals surface area (Å²) in [6.45, 7) is 1.58. The van der Waals surface area contributed by atoms with Crippen molar-refractivity contribution in [3.63, 3.8) is 0 Å². The van der Waals surface area contributed by atoms with E-state index in [9.17, 15) is 9.59 Å². The van der Waals surface area contributed by atoms with Crippen LogP contribution in [0.15, 0.2) is 51.9 Å². The maximum Gasteiger partial charge on any atom is 0.291 e. The minimum absolute atomic E-state index is 0.0247. The van der Waals surface area contributed by atoms with Gasteiger partial charge in [-0.3, -0.25) is 9.59 Å². The van der Waals surface area contributed by atoms with Gasteiger partial charge in [-0.25, -0.2) is 4.98 Å². The van der Waals surface area contributed by atoms with Crippen LogP contribution in [0, 0.1) is 5.92 Å². The van der Waals surface area contributed by atoms with Crippen molar-refractivity contribution in [1.82, 2.24) is 15.3 Å². The number of aromatic amines is 1. The molecule has 7 heteroatoms. The average molecular weight is 352 g/mol. The molecular weight excluding hydrogens is 332 g/mol.